The minimum absolute atomic E-state index is 0.714. The van der Waals surface area contributed by atoms with E-state index >= 15 is 0 Å². The molecule has 0 amide bonds. The lowest BCUT2D eigenvalue weighted by Crippen LogP contribution is -1.99. The Hall–Kier alpha value is -1.48. The van der Waals surface area contributed by atoms with Crippen molar-refractivity contribution in [2.24, 2.45) is 0 Å². The van der Waals surface area contributed by atoms with E-state index < -0.39 is 0 Å². The molecule has 0 heterocycles. The lowest BCUT2D eigenvalue weighted by molar-refractivity contribution is 0.416. The summed E-state index contributed by atoms with van der Waals surface area (Å²) in [6, 6.07) is 14.0. The highest BCUT2D eigenvalue weighted by atomic mass is 79.9. The first-order valence-corrected chi connectivity index (χ1v) is 6.16. The molecular weight excluding hydrogens is 278 g/mol. The first-order valence-electron chi connectivity index (χ1n) is 5.37. The fourth-order valence-electron chi connectivity index (χ4n) is 1.77. The van der Waals surface area contributed by atoms with Crippen LogP contribution in [-0.4, -0.2) is 7.11 Å². The van der Waals surface area contributed by atoms with Crippen molar-refractivity contribution in [2.75, 3.05) is 12.8 Å². The molecule has 2 aromatic rings. The number of anilines is 1. The van der Waals surface area contributed by atoms with Gasteiger partial charge in [0.15, 0.2) is 0 Å². The van der Waals surface area contributed by atoms with E-state index in [9.17, 15) is 0 Å². The highest BCUT2D eigenvalue weighted by Gasteiger charge is 2.07. The fraction of sp³-hybridized carbons (Fsp3) is 0.143. The highest BCUT2D eigenvalue weighted by molar-refractivity contribution is 9.10. The maximum Gasteiger partial charge on any atom is 0.142 e. The van der Waals surface area contributed by atoms with Gasteiger partial charge in [-0.2, -0.15) is 0 Å². The van der Waals surface area contributed by atoms with Gasteiger partial charge in [0.05, 0.1) is 12.8 Å². The number of hydrogen-bond donors (Lipinski definition) is 1. The third kappa shape index (κ3) is 2.61. The molecule has 2 N–H and O–H groups in total. The number of nitrogens with two attached hydrogens (primary N) is 1. The van der Waals surface area contributed by atoms with Crippen LogP contribution in [0.5, 0.6) is 5.75 Å². The summed E-state index contributed by atoms with van der Waals surface area (Å²) >= 11 is 3.54. The molecule has 2 rings (SSSR count). The molecule has 2 nitrogen and oxygen atoms in total. The number of hydrogen-bond acceptors (Lipinski definition) is 2. The first kappa shape index (κ1) is 12.0. The quantitative estimate of drug-likeness (QED) is 0.877. The predicted molar refractivity (Wildman–Crippen MR) is 74.4 cm³/mol. The van der Waals surface area contributed by atoms with Crippen molar-refractivity contribution in [3.63, 3.8) is 0 Å². The zero-order valence-electron chi connectivity index (χ0n) is 9.61. The molecule has 3 heteroatoms. The summed E-state index contributed by atoms with van der Waals surface area (Å²) in [7, 11) is 1.63. The smallest absolute Gasteiger partial charge is 0.142 e. The van der Waals surface area contributed by atoms with E-state index in [1.807, 2.05) is 36.4 Å². The van der Waals surface area contributed by atoms with Crippen molar-refractivity contribution in [1.82, 2.24) is 0 Å². The van der Waals surface area contributed by atoms with E-state index in [-0.39, 0.29) is 0 Å². The second kappa shape index (κ2) is 5.23. The SMILES string of the molecule is COc1cccc(Cc2ccccc2Br)c1N. The van der Waals surface area contributed by atoms with Gasteiger partial charge in [0.25, 0.3) is 0 Å². The Balaban J connectivity index is 2.34. The van der Waals surface area contributed by atoms with Gasteiger partial charge in [0, 0.05) is 10.9 Å². The van der Waals surface area contributed by atoms with Crippen LogP contribution in [-0.2, 0) is 6.42 Å². The van der Waals surface area contributed by atoms with Crippen LogP contribution in [0.1, 0.15) is 11.1 Å². The Labute approximate surface area is 110 Å². The molecule has 0 saturated heterocycles. The van der Waals surface area contributed by atoms with Crippen molar-refractivity contribution in [3.8, 4) is 5.75 Å². The minimum Gasteiger partial charge on any atom is -0.495 e. The summed E-state index contributed by atoms with van der Waals surface area (Å²) in [6.07, 6.45) is 0.796. The van der Waals surface area contributed by atoms with Crippen LogP contribution in [0.25, 0.3) is 0 Å². The summed E-state index contributed by atoms with van der Waals surface area (Å²) in [5, 5.41) is 0. The lowest BCUT2D eigenvalue weighted by Gasteiger charge is -2.10. The molecule has 0 unspecified atom stereocenters. The molecule has 0 saturated carbocycles. The Kier molecular flexibility index (Phi) is 3.69. The van der Waals surface area contributed by atoms with Crippen LogP contribution >= 0.6 is 15.9 Å². The van der Waals surface area contributed by atoms with Crippen LogP contribution in [0.15, 0.2) is 46.9 Å². The number of ether oxygens (including phenoxy) is 1. The molecule has 0 aliphatic heterocycles. The maximum absolute atomic E-state index is 6.05. The zero-order chi connectivity index (χ0) is 12.3. The number of halogens is 1. The van der Waals surface area contributed by atoms with Gasteiger partial charge in [0.2, 0.25) is 0 Å². The molecule has 0 radical (unpaired) electrons. The number of benzene rings is 2. The Morgan fingerprint density at radius 1 is 1.06 bits per heavy atom. The van der Waals surface area contributed by atoms with E-state index in [2.05, 4.69) is 22.0 Å². The van der Waals surface area contributed by atoms with Gasteiger partial charge >= 0.3 is 0 Å². The van der Waals surface area contributed by atoms with Gasteiger partial charge in [-0.15, -0.1) is 0 Å². The lowest BCUT2D eigenvalue weighted by atomic mass is 10.0. The molecule has 17 heavy (non-hydrogen) atoms. The molecule has 0 aliphatic rings. The van der Waals surface area contributed by atoms with Crippen molar-refractivity contribution in [3.05, 3.63) is 58.1 Å². The van der Waals surface area contributed by atoms with Gasteiger partial charge < -0.3 is 10.5 Å². The van der Waals surface area contributed by atoms with Gasteiger partial charge in [-0.1, -0.05) is 46.3 Å². The molecular formula is C14H14BrNO. The maximum atomic E-state index is 6.05. The Morgan fingerprint density at radius 2 is 1.76 bits per heavy atom. The van der Waals surface area contributed by atoms with Crippen LogP contribution in [0.4, 0.5) is 5.69 Å². The van der Waals surface area contributed by atoms with E-state index in [4.69, 9.17) is 10.5 Å². The van der Waals surface area contributed by atoms with Crippen molar-refractivity contribution < 1.29 is 4.74 Å². The number of nitrogen functional groups attached to an aromatic ring is 1. The predicted octanol–water partition coefficient (Wildman–Crippen LogP) is 3.63. The summed E-state index contributed by atoms with van der Waals surface area (Å²) in [5.74, 6) is 0.731. The monoisotopic (exact) mass is 291 g/mol. The normalized spacial score (nSPS) is 10.2. The summed E-state index contributed by atoms with van der Waals surface area (Å²) in [6.45, 7) is 0. The van der Waals surface area contributed by atoms with Crippen molar-refractivity contribution in [2.45, 2.75) is 6.42 Å². The summed E-state index contributed by atoms with van der Waals surface area (Å²) in [5.41, 5.74) is 9.06. The largest absolute Gasteiger partial charge is 0.495 e. The fourth-order valence-corrected chi connectivity index (χ4v) is 2.19. The van der Waals surface area contributed by atoms with E-state index in [0.29, 0.717) is 5.69 Å². The Morgan fingerprint density at radius 3 is 2.47 bits per heavy atom. The molecule has 88 valence electrons. The second-order valence-electron chi connectivity index (χ2n) is 3.80. The molecule has 0 atom stereocenters. The molecule has 0 aliphatic carbocycles. The van der Waals surface area contributed by atoms with Gasteiger partial charge in [0.1, 0.15) is 5.75 Å². The van der Waals surface area contributed by atoms with Crippen LogP contribution < -0.4 is 10.5 Å². The van der Waals surface area contributed by atoms with E-state index in [0.717, 1.165) is 22.2 Å². The number of rotatable bonds is 3. The van der Waals surface area contributed by atoms with Crippen LogP contribution in [0, 0.1) is 0 Å². The van der Waals surface area contributed by atoms with Crippen molar-refractivity contribution in [1.29, 1.82) is 0 Å². The first-order chi connectivity index (χ1) is 8.22. The molecule has 2 aromatic carbocycles. The molecule has 0 aromatic heterocycles. The third-order valence-corrected chi connectivity index (χ3v) is 3.49. The van der Waals surface area contributed by atoms with Crippen LogP contribution in [0.2, 0.25) is 0 Å². The van der Waals surface area contributed by atoms with E-state index in [1.165, 1.54) is 5.56 Å². The number of para-hydroxylation sites is 1. The standard InChI is InChI=1S/C14H14BrNO/c1-17-13-8-4-6-11(14(13)16)9-10-5-2-3-7-12(10)15/h2-8H,9,16H2,1H3. The van der Waals surface area contributed by atoms with Crippen molar-refractivity contribution >= 4 is 21.6 Å². The second-order valence-corrected chi connectivity index (χ2v) is 4.66. The third-order valence-electron chi connectivity index (χ3n) is 2.72. The average molecular weight is 292 g/mol. The topological polar surface area (TPSA) is 35.2 Å². The van der Waals surface area contributed by atoms with Crippen LogP contribution in [0.3, 0.4) is 0 Å². The number of methoxy groups -OCH3 is 1. The van der Waals surface area contributed by atoms with Gasteiger partial charge in [-0.3, -0.25) is 0 Å². The zero-order valence-corrected chi connectivity index (χ0v) is 11.2. The minimum atomic E-state index is 0.714. The van der Waals surface area contributed by atoms with Gasteiger partial charge in [-0.05, 0) is 23.3 Å². The Bertz CT molecular complexity index is 525. The van der Waals surface area contributed by atoms with Gasteiger partial charge in [-0.25, -0.2) is 0 Å². The summed E-state index contributed by atoms with van der Waals surface area (Å²) < 4.78 is 6.32. The average Bonchev–Trinajstić information content (AvgIpc) is 2.34. The molecule has 0 spiro atoms. The molecule has 0 fully saturated rings. The highest BCUT2D eigenvalue weighted by Crippen LogP contribution is 2.28. The summed E-state index contributed by atoms with van der Waals surface area (Å²) in [4.78, 5) is 0. The molecule has 0 bridgehead atoms. The van der Waals surface area contributed by atoms with E-state index in [1.54, 1.807) is 7.11 Å².